The molecule has 1 heterocycles. The molecule has 0 aromatic heterocycles. The third kappa shape index (κ3) is 3.65. The summed E-state index contributed by atoms with van der Waals surface area (Å²) in [6, 6.07) is 3.99. The molecular weight excluding hydrogens is 312 g/mol. The summed E-state index contributed by atoms with van der Waals surface area (Å²) in [4.78, 5) is 12.5. The van der Waals surface area contributed by atoms with Crippen molar-refractivity contribution in [2.75, 3.05) is 19.6 Å². The Hall–Kier alpha value is -1.34. The number of carbonyl (C=O) groups is 1. The highest BCUT2D eigenvalue weighted by molar-refractivity contribution is 6.31. The van der Waals surface area contributed by atoms with Gasteiger partial charge < -0.3 is 5.73 Å². The molecule has 0 saturated carbocycles. The van der Waals surface area contributed by atoms with E-state index in [2.05, 4.69) is 0 Å². The molecule has 3 nitrogen and oxygen atoms in total. The van der Waals surface area contributed by atoms with Crippen molar-refractivity contribution < 1.29 is 22.4 Å². The second-order valence-corrected chi connectivity index (χ2v) is 5.47. The van der Waals surface area contributed by atoms with Gasteiger partial charge in [0.15, 0.2) is 0 Å². The summed E-state index contributed by atoms with van der Waals surface area (Å²) in [5, 5.41) is 0.0834. The monoisotopic (exact) mass is 324 g/mol. The Morgan fingerprint density at radius 1 is 1.38 bits per heavy atom. The number of halogens is 5. The Morgan fingerprint density at radius 2 is 2.05 bits per heavy atom. The van der Waals surface area contributed by atoms with E-state index >= 15 is 0 Å². The predicted octanol–water partition coefficient (Wildman–Crippen LogP) is 2.54. The number of alkyl halides is 3. The minimum Gasteiger partial charge on any atom is -0.369 e. The lowest BCUT2D eigenvalue weighted by atomic mass is 9.88. The van der Waals surface area contributed by atoms with Crippen LogP contribution in [0, 0.1) is 11.7 Å². The lowest BCUT2D eigenvalue weighted by Gasteiger charge is -2.18. The van der Waals surface area contributed by atoms with Crippen LogP contribution in [0.15, 0.2) is 18.2 Å². The van der Waals surface area contributed by atoms with E-state index < -0.39 is 36.3 Å². The van der Waals surface area contributed by atoms with Crippen molar-refractivity contribution in [1.82, 2.24) is 4.90 Å². The van der Waals surface area contributed by atoms with Crippen molar-refractivity contribution in [3.63, 3.8) is 0 Å². The van der Waals surface area contributed by atoms with Gasteiger partial charge in [-0.2, -0.15) is 13.2 Å². The van der Waals surface area contributed by atoms with Crippen LogP contribution >= 0.6 is 11.6 Å². The Morgan fingerprint density at radius 3 is 2.57 bits per heavy atom. The molecule has 0 aliphatic carbocycles. The fourth-order valence-corrected chi connectivity index (χ4v) is 3.02. The molecule has 1 amide bonds. The van der Waals surface area contributed by atoms with Gasteiger partial charge in [0.2, 0.25) is 5.91 Å². The number of primary amides is 1. The van der Waals surface area contributed by atoms with E-state index in [4.69, 9.17) is 17.3 Å². The fourth-order valence-electron chi connectivity index (χ4n) is 2.71. The maximum atomic E-state index is 13.9. The first-order chi connectivity index (χ1) is 9.69. The minimum absolute atomic E-state index is 0.0487. The summed E-state index contributed by atoms with van der Waals surface area (Å²) in [7, 11) is 0. The second kappa shape index (κ2) is 5.81. The van der Waals surface area contributed by atoms with Gasteiger partial charge in [0.05, 0.1) is 12.5 Å². The van der Waals surface area contributed by atoms with Crippen LogP contribution in [0.4, 0.5) is 17.6 Å². The van der Waals surface area contributed by atoms with Crippen LogP contribution in [0.5, 0.6) is 0 Å². The first-order valence-corrected chi connectivity index (χ1v) is 6.59. The van der Waals surface area contributed by atoms with Crippen LogP contribution in [-0.4, -0.2) is 36.6 Å². The average Bonchev–Trinajstić information content (AvgIpc) is 2.70. The Bertz CT molecular complexity index is 529. The summed E-state index contributed by atoms with van der Waals surface area (Å²) in [5.74, 6) is -3.09. The van der Waals surface area contributed by atoms with Crippen LogP contribution in [0.25, 0.3) is 0 Å². The number of nitrogens with two attached hydrogens (primary N) is 1. The number of hydrogen-bond acceptors (Lipinski definition) is 2. The van der Waals surface area contributed by atoms with Gasteiger partial charge in [-0.1, -0.05) is 17.7 Å². The summed E-state index contributed by atoms with van der Waals surface area (Å²) >= 11 is 5.93. The van der Waals surface area contributed by atoms with Crippen molar-refractivity contribution in [2.45, 2.75) is 12.1 Å². The zero-order valence-electron chi connectivity index (χ0n) is 10.8. The van der Waals surface area contributed by atoms with Crippen molar-refractivity contribution in [3.8, 4) is 0 Å². The SMILES string of the molecule is NC(=O)[C@H]1CN(CC(F)(F)F)C[C@H]1c1c(F)cccc1Cl. The molecule has 1 aliphatic heterocycles. The number of amides is 1. The van der Waals surface area contributed by atoms with Crippen LogP contribution in [0.3, 0.4) is 0 Å². The number of carbonyl (C=O) groups excluding carboxylic acids is 1. The van der Waals surface area contributed by atoms with E-state index in [0.29, 0.717) is 0 Å². The molecule has 21 heavy (non-hydrogen) atoms. The molecule has 0 unspecified atom stereocenters. The molecule has 1 fully saturated rings. The van der Waals surface area contributed by atoms with Crippen molar-refractivity contribution in [2.24, 2.45) is 11.7 Å². The van der Waals surface area contributed by atoms with Crippen molar-refractivity contribution in [1.29, 1.82) is 0 Å². The molecule has 116 valence electrons. The standard InChI is InChI=1S/C13H13ClF4N2O/c14-9-2-1-3-10(15)11(9)7-4-20(6-13(16,17)18)5-8(7)12(19)21/h1-3,7-8H,4-6H2,(H2,19,21)/t7-,8+/m1/s1. The van der Waals surface area contributed by atoms with E-state index in [-0.39, 0.29) is 23.7 Å². The maximum absolute atomic E-state index is 13.9. The summed E-state index contributed by atoms with van der Waals surface area (Å²) in [5.41, 5.74) is 5.29. The van der Waals surface area contributed by atoms with Gasteiger partial charge in [-0.3, -0.25) is 9.69 Å². The van der Waals surface area contributed by atoms with Gasteiger partial charge in [-0.15, -0.1) is 0 Å². The molecule has 1 saturated heterocycles. The number of likely N-dealkylation sites (tertiary alicyclic amines) is 1. The Kier molecular flexibility index (Phi) is 4.43. The molecule has 0 bridgehead atoms. The van der Waals surface area contributed by atoms with Gasteiger partial charge >= 0.3 is 6.18 Å². The van der Waals surface area contributed by atoms with Gasteiger partial charge in [0.25, 0.3) is 0 Å². The Balaban J connectivity index is 2.31. The van der Waals surface area contributed by atoms with Gasteiger partial charge in [0.1, 0.15) is 5.82 Å². The number of hydrogen-bond donors (Lipinski definition) is 1. The number of nitrogens with zero attached hydrogens (tertiary/aromatic N) is 1. The average molecular weight is 325 g/mol. The molecule has 1 aromatic rings. The molecular formula is C13H13ClF4N2O. The third-order valence-corrected chi connectivity index (χ3v) is 3.86. The first-order valence-electron chi connectivity index (χ1n) is 6.21. The van der Waals surface area contributed by atoms with Gasteiger partial charge in [-0.25, -0.2) is 4.39 Å². The number of benzene rings is 1. The zero-order valence-corrected chi connectivity index (χ0v) is 11.6. The summed E-state index contributed by atoms with van der Waals surface area (Å²) in [6.07, 6.45) is -4.39. The minimum atomic E-state index is -4.39. The van der Waals surface area contributed by atoms with Crippen molar-refractivity contribution in [3.05, 3.63) is 34.6 Å². The van der Waals surface area contributed by atoms with E-state index in [1.807, 2.05) is 0 Å². The summed E-state index contributed by atoms with van der Waals surface area (Å²) in [6.45, 7) is -1.45. The Labute approximate surface area is 123 Å². The molecule has 0 spiro atoms. The van der Waals surface area contributed by atoms with Crippen LogP contribution in [0.1, 0.15) is 11.5 Å². The van der Waals surface area contributed by atoms with E-state index in [1.165, 1.54) is 12.1 Å². The highest BCUT2D eigenvalue weighted by atomic mass is 35.5. The van der Waals surface area contributed by atoms with Crippen molar-refractivity contribution >= 4 is 17.5 Å². The van der Waals surface area contributed by atoms with E-state index in [0.717, 1.165) is 11.0 Å². The van der Waals surface area contributed by atoms with Crippen LogP contribution in [-0.2, 0) is 4.79 Å². The van der Waals surface area contributed by atoms with Gasteiger partial charge in [-0.05, 0) is 12.1 Å². The molecule has 2 atom stereocenters. The third-order valence-electron chi connectivity index (χ3n) is 3.53. The molecule has 2 rings (SSSR count). The fraction of sp³-hybridized carbons (Fsp3) is 0.462. The van der Waals surface area contributed by atoms with Crippen LogP contribution in [0.2, 0.25) is 5.02 Å². The normalized spacial score (nSPS) is 23.5. The number of rotatable bonds is 3. The topological polar surface area (TPSA) is 46.3 Å². The first kappa shape index (κ1) is 16.0. The highest BCUT2D eigenvalue weighted by Crippen LogP contribution is 2.38. The lowest BCUT2D eigenvalue weighted by molar-refractivity contribution is -0.144. The van der Waals surface area contributed by atoms with Gasteiger partial charge in [0, 0.05) is 29.6 Å². The highest BCUT2D eigenvalue weighted by Gasteiger charge is 2.43. The molecule has 1 aromatic carbocycles. The molecule has 2 N–H and O–H groups in total. The second-order valence-electron chi connectivity index (χ2n) is 5.06. The van der Waals surface area contributed by atoms with Crippen LogP contribution < -0.4 is 5.73 Å². The maximum Gasteiger partial charge on any atom is 0.401 e. The van der Waals surface area contributed by atoms with E-state index in [1.54, 1.807) is 0 Å². The molecule has 1 aliphatic rings. The lowest BCUT2D eigenvalue weighted by Crippen LogP contribution is -2.34. The smallest absolute Gasteiger partial charge is 0.369 e. The summed E-state index contributed by atoms with van der Waals surface area (Å²) < 4.78 is 51.3. The largest absolute Gasteiger partial charge is 0.401 e. The van der Waals surface area contributed by atoms with E-state index in [9.17, 15) is 22.4 Å². The molecule has 8 heteroatoms. The predicted molar refractivity (Wildman–Crippen MR) is 69.3 cm³/mol. The molecule has 0 radical (unpaired) electrons. The zero-order chi connectivity index (χ0) is 15.8. The quantitative estimate of drug-likeness (QED) is 0.869.